The molecule has 0 bridgehead atoms. The minimum absolute atomic E-state index is 0.00235. The fraction of sp³-hybridized carbons (Fsp3) is 0.308. The van der Waals surface area contributed by atoms with Crippen LogP contribution in [-0.4, -0.2) is 27.2 Å². The van der Waals surface area contributed by atoms with Gasteiger partial charge in [-0.25, -0.2) is 9.67 Å². The summed E-state index contributed by atoms with van der Waals surface area (Å²) in [5, 5.41) is 3.90. The topological polar surface area (TPSA) is 57.0 Å². The van der Waals surface area contributed by atoms with Crippen molar-refractivity contribution in [1.29, 1.82) is 0 Å². The lowest BCUT2D eigenvalue weighted by molar-refractivity contribution is 0.0967. The van der Waals surface area contributed by atoms with Crippen molar-refractivity contribution in [3.05, 3.63) is 42.5 Å². The van der Waals surface area contributed by atoms with E-state index in [4.69, 9.17) is 4.74 Å². The number of hydrogen-bond donors (Lipinski definition) is 0. The minimum atomic E-state index is 0.00235. The van der Waals surface area contributed by atoms with E-state index in [0.29, 0.717) is 12.2 Å². The van der Waals surface area contributed by atoms with Crippen LogP contribution in [0.4, 0.5) is 0 Å². The van der Waals surface area contributed by atoms with Gasteiger partial charge in [0.25, 0.3) is 0 Å². The predicted molar refractivity (Wildman–Crippen MR) is 66.6 cm³/mol. The van der Waals surface area contributed by atoms with Crippen LogP contribution in [0, 0.1) is 0 Å². The molecule has 0 fully saturated rings. The van der Waals surface area contributed by atoms with Gasteiger partial charge in [-0.2, -0.15) is 5.10 Å². The third-order valence-electron chi connectivity index (χ3n) is 2.42. The van der Waals surface area contributed by atoms with Crippen molar-refractivity contribution in [2.24, 2.45) is 0 Å². The van der Waals surface area contributed by atoms with E-state index < -0.39 is 0 Å². The summed E-state index contributed by atoms with van der Waals surface area (Å²) in [5.74, 6) is 0.789. The van der Waals surface area contributed by atoms with Gasteiger partial charge in [-0.05, 0) is 30.7 Å². The number of benzene rings is 1. The highest BCUT2D eigenvalue weighted by molar-refractivity contribution is 5.95. The summed E-state index contributed by atoms with van der Waals surface area (Å²) in [5.41, 5.74) is 0.648. The predicted octanol–water partition coefficient (Wildman–Crippen LogP) is 1.95. The normalized spacial score (nSPS) is 10.3. The maximum atomic E-state index is 11.9. The van der Waals surface area contributed by atoms with Crippen LogP contribution in [0.2, 0.25) is 0 Å². The molecule has 0 saturated carbocycles. The second-order valence-electron chi connectivity index (χ2n) is 3.89. The van der Waals surface area contributed by atoms with Crippen LogP contribution in [0.15, 0.2) is 36.9 Å². The van der Waals surface area contributed by atoms with Gasteiger partial charge < -0.3 is 4.74 Å². The maximum Gasteiger partial charge on any atom is 0.184 e. The Morgan fingerprint density at radius 1 is 1.33 bits per heavy atom. The van der Waals surface area contributed by atoms with Crippen LogP contribution >= 0.6 is 0 Å². The summed E-state index contributed by atoms with van der Waals surface area (Å²) in [4.78, 5) is 15.7. The van der Waals surface area contributed by atoms with Crippen LogP contribution < -0.4 is 4.74 Å². The molecule has 0 atom stereocenters. The molecule has 0 N–H and O–H groups in total. The van der Waals surface area contributed by atoms with Gasteiger partial charge in [0.05, 0.1) is 6.61 Å². The third-order valence-corrected chi connectivity index (χ3v) is 2.42. The number of ether oxygens (including phenoxy) is 1. The Kier molecular flexibility index (Phi) is 4.06. The summed E-state index contributed by atoms with van der Waals surface area (Å²) in [6.45, 7) is 2.94. The van der Waals surface area contributed by atoms with Crippen LogP contribution in [0.5, 0.6) is 5.75 Å². The largest absolute Gasteiger partial charge is 0.494 e. The zero-order chi connectivity index (χ0) is 12.8. The average molecular weight is 245 g/mol. The molecule has 0 spiro atoms. The summed E-state index contributed by atoms with van der Waals surface area (Å²) in [6, 6.07) is 7.16. The summed E-state index contributed by atoms with van der Waals surface area (Å²) < 4.78 is 6.96. The fourth-order valence-corrected chi connectivity index (χ4v) is 1.51. The fourth-order valence-electron chi connectivity index (χ4n) is 1.51. The number of Topliss-reactive ketones (excluding diaryl/α,β-unsaturated/α-hetero) is 1. The molecule has 2 aromatic rings. The molecule has 0 radical (unpaired) electrons. The van der Waals surface area contributed by atoms with Crippen LogP contribution in [-0.2, 0) is 6.54 Å². The second-order valence-corrected chi connectivity index (χ2v) is 3.89. The molecular formula is C13H15N3O2. The van der Waals surface area contributed by atoms with Crippen LogP contribution in [0.3, 0.4) is 0 Å². The first-order valence-corrected chi connectivity index (χ1v) is 5.88. The first kappa shape index (κ1) is 12.3. The Morgan fingerprint density at radius 3 is 2.72 bits per heavy atom. The molecule has 1 aromatic carbocycles. The first-order valence-electron chi connectivity index (χ1n) is 5.88. The highest BCUT2D eigenvalue weighted by Crippen LogP contribution is 2.13. The number of rotatable bonds is 6. The van der Waals surface area contributed by atoms with Crippen molar-refractivity contribution in [3.63, 3.8) is 0 Å². The Bertz CT molecular complexity index is 491. The summed E-state index contributed by atoms with van der Waals surface area (Å²) in [7, 11) is 0. The Labute approximate surface area is 105 Å². The Hall–Kier alpha value is -2.17. The smallest absolute Gasteiger partial charge is 0.184 e. The van der Waals surface area contributed by atoms with Gasteiger partial charge in [0.2, 0.25) is 0 Å². The Balaban J connectivity index is 1.98. The van der Waals surface area contributed by atoms with Gasteiger partial charge in [-0.15, -0.1) is 0 Å². The lowest BCUT2D eigenvalue weighted by Gasteiger charge is -2.05. The molecule has 0 unspecified atom stereocenters. The second kappa shape index (κ2) is 5.95. The molecule has 5 nitrogen and oxygen atoms in total. The van der Waals surface area contributed by atoms with Gasteiger partial charge >= 0.3 is 0 Å². The lowest BCUT2D eigenvalue weighted by Crippen LogP contribution is -2.10. The van der Waals surface area contributed by atoms with Crippen LogP contribution in [0.1, 0.15) is 23.7 Å². The van der Waals surface area contributed by atoms with E-state index in [-0.39, 0.29) is 12.3 Å². The molecule has 18 heavy (non-hydrogen) atoms. The molecule has 94 valence electrons. The van der Waals surface area contributed by atoms with E-state index in [0.717, 1.165) is 12.2 Å². The molecule has 1 heterocycles. The van der Waals surface area contributed by atoms with Crippen molar-refractivity contribution in [3.8, 4) is 5.75 Å². The summed E-state index contributed by atoms with van der Waals surface area (Å²) >= 11 is 0. The number of carbonyl (C=O) groups is 1. The Morgan fingerprint density at radius 2 is 2.11 bits per heavy atom. The third kappa shape index (κ3) is 3.16. The van der Waals surface area contributed by atoms with Crippen molar-refractivity contribution >= 4 is 5.78 Å². The molecule has 0 aliphatic carbocycles. The molecule has 2 rings (SSSR count). The van der Waals surface area contributed by atoms with Gasteiger partial charge in [0, 0.05) is 5.56 Å². The SMILES string of the molecule is CCCOc1ccc(C(=O)Cn2cncn2)cc1. The molecule has 0 aliphatic heterocycles. The quantitative estimate of drug-likeness (QED) is 0.730. The minimum Gasteiger partial charge on any atom is -0.494 e. The van der Waals surface area contributed by atoms with E-state index in [2.05, 4.69) is 17.0 Å². The van der Waals surface area contributed by atoms with Crippen molar-refractivity contribution in [2.45, 2.75) is 19.9 Å². The van der Waals surface area contributed by atoms with E-state index >= 15 is 0 Å². The summed E-state index contributed by atoms with van der Waals surface area (Å²) in [6.07, 6.45) is 3.90. The van der Waals surface area contributed by atoms with Crippen molar-refractivity contribution in [1.82, 2.24) is 14.8 Å². The number of hydrogen-bond acceptors (Lipinski definition) is 4. The maximum absolute atomic E-state index is 11.9. The number of ketones is 1. The number of nitrogens with zero attached hydrogens (tertiary/aromatic N) is 3. The van der Waals surface area contributed by atoms with Crippen molar-refractivity contribution < 1.29 is 9.53 Å². The average Bonchev–Trinajstić information content (AvgIpc) is 2.89. The zero-order valence-electron chi connectivity index (χ0n) is 10.2. The number of aromatic nitrogens is 3. The highest BCUT2D eigenvalue weighted by Gasteiger charge is 2.07. The molecule has 0 aliphatic rings. The van der Waals surface area contributed by atoms with E-state index in [9.17, 15) is 4.79 Å². The van der Waals surface area contributed by atoms with Gasteiger partial charge in [0.15, 0.2) is 5.78 Å². The lowest BCUT2D eigenvalue weighted by atomic mass is 10.1. The standard InChI is InChI=1S/C13H15N3O2/c1-2-7-18-12-5-3-11(4-6-12)13(17)8-16-10-14-9-15-16/h3-6,9-10H,2,7-8H2,1H3. The molecule has 0 saturated heterocycles. The van der Waals surface area contributed by atoms with E-state index in [1.165, 1.54) is 17.3 Å². The highest BCUT2D eigenvalue weighted by atomic mass is 16.5. The van der Waals surface area contributed by atoms with Gasteiger partial charge in [-0.3, -0.25) is 4.79 Å². The van der Waals surface area contributed by atoms with Crippen molar-refractivity contribution in [2.75, 3.05) is 6.61 Å². The monoisotopic (exact) mass is 245 g/mol. The first-order chi connectivity index (χ1) is 8.79. The van der Waals surface area contributed by atoms with E-state index in [1.807, 2.05) is 12.1 Å². The molecular weight excluding hydrogens is 230 g/mol. The van der Waals surface area contributed by atoms with E-state index in [1.54, 1.807) is 12.1 Å². The molecule has 0 amide bonds. The zero-order valence-corrected chi connectivity index (χ0v) is 10.2. The molecule has 5 heteroatoms. The van der Waals surface area contributed by atoms with Gasteiger partial charge in [0.1, 0.15) is 24.9 Å². The van der Waals surface area contributed by atoms with Gasteiger partial charge in [-0.1, -0.05) is 6.92 Å². The number of carbonyl (C=O) groups excluding carboxylic acids is 1. The molecule has 1 aromatic heterocycles. The van der Waals surface area contributed by atoms with Crippen LogP contribution in [0.25, 0.3) is 0 Å².